The van der Waals surface area contributed by atoms with E-state index < -0.39 is 0 Å². The summed E-state index contributed by atoms with van der Waals surface area (Å²) in [5, 5.41) is 5.96. The van der Waals surface area contributed by atoms with Crippen molar-refractivity contribution in [3.05, 3.63) is 18.1 Å². The lowest BCUT2D eigenvalue weighted by Crippen LogP contribution is -2.35. The summed E-state index contributed by atoms with van der Waals surface area (Å²) in [6, 6.07) is 0. The average Bonchev–Trinajstić information content (AvgIpc) is 2.52. The summed E-state index contributed by atoms with van der Waals surface area (Å²) in [4.78, 5) is 20.2. The van der Waals surface area contributed by atoms with Crippen LogP contribution < -0.4 is 10.6 Å². The van der Waals surface area contributed by atoms with Crippen molar-refractivity contribution in [3.63, 3.8) is 0 Å². The first kappa shape index (κ1) is 14.7. The second-order valence-corrected chi connectivity index (χ2v) is 4.91. The lowest BCUT2D eigenvalue weighted by Gasteiger charge is -2.22. The standard InChI is InChI=1S/C14H22N4O2/c1-2-6-15-13-10-16-12(9-17-13)14(19)18-8-11-5-3-4-7-20-11/h9-11H,2-8H2,1H3,(H,15,17)(H,18,19). The quantitative estimate of drug-likeness (QED) is 0.826. The zero-order valence-corrected chi connectivity index (χ0v) is 11.9. The predicted octanol–water partition coefficient (Wildman–Crippen LogP) is 1.60. The molecule has 0 spiro atoms. The van der Waals surface area contributed by atoms with Gasteiger partial charge in [-0.3, -0.25) is 4.79 Å². The lowest BCUT2D eigenvalue weighted by atomic mass is 10.1. The third kappa shape index (κ3) is 4.45. The molecule has 2 N–H and O–H groups in total. The Morgan fingerprint density at radius 3 is 2.95 bits per heavy atom. The highest BCUT2D eigenvalue weighted by atomic mass is 16.5. The van der Waals surface area contributed by atoms with Crippen molar-refractivity contribution in [2.24, 2.45) is 0 Å². The van der Waals surface area contributed by atoms with E-state index in [0.717, 1.165) is 38.8 Å². The molecule has 1 aliphatic heterocycles. The molecule has 0 aromatic carbocycles. The van der Waals surface area contributed by atoms with E-state index in [1.807, 2.05) is 0 Å². The van der Waals surface area contributed by atoms with Crippen LogP contribution in [0, 0.1) is 0 Å². The molecular weight excluding hydrogens is 256 g/mol. The minimum absolute atomic E-state index is 0.131. The summed E-state index contributed by atoms with van der Waals surface area (Å²) >= 11 is 0. The van der Waals surface area contributed by atoms with E-state index in [1.54, 1.807) is 6.20 Å². The number of nitrogens with one attached hydrogen (secondary N) is 2. The Hall–Kier alpha value is -1.69. The van der Waals surface area contributed by atoms with E-state index in [-0.39, 0.29) is 12.0 Å². The van der Waals surface area contributed by atoms with Crippen LogP contribution in [0.4, 0.5) is 5.82 Å². The van der Waals surface area contributed by atoms with E-state index >= 15 is 0 Å². The number of ether oxygens (including phenoxy) is 1. The van der Waals surface area contributed by atoms with Gasteiger partial charge in [0.25, 0.3) is 5.91 Å². The van der Waals surface area contributed by atoms with Crippen LogP contribution >= 0.6 is 0 Å². The monoisotopic (exact) mass is 278 g/mol. The van der Waals surface area contributed by atoms with Gasteiger partial charge in [-0.2, -0.15) is 0 Å². The Bertz CT molecular complexity index is 416. The number of nitrogens with zero attached hydrogens (tertiary/aromatic N) is 2. The molecule has 0 radical (unpaired) electrons. The minimum Gasteiger partial charge on any atom is -0.376 e. The van der Waals surface area contributed by atoms with Crippen molar-refractivity contribution in [1.29, 1.82) is 0 Å². The molecule has 1 aromatic heterocycles. The predicted molar refractivity (Wildman–Crippen MR) is 76.7 cm³/mol. The van der Waals surface area contributed by atoms with Crippen LogP contribution in [0.3, 0.4) is 0 Å². The fraction of sp³-hybridized carbons (Fsp3) is 0.643. The number of aromatic nitrogens is 2. The number of hydrogen-bond donors (Lipinski definition) is 2. The van der Waals surface area contributed by atoms with Gasteiger partial charge < -0.3 is 15.4 Å². The zero-order valence-electron chi connectivity index (χ0n) is 11.9. The van der Waals surface area contributed by atoms with Gasteiger partial charge in [-0.15, -0.1) is 0 Å². The van der Waals surface area contributed by atoms with Crippen molar-refractivity contribution >= 4 is 11.7 Å². The third-order valence-corrected chi connectivity index (χ3v) is 3.20. The molecule has 1 atom stereocenters. The van der Waals surface area contributed by atoms with Gasteiger partial charge in [-0.05, 0) is 25.7 Å². The van der Waals surface area contributed by atoms with Crippen molar-refractivity contribution in [2.45, 2.75) is 38.7 Å². The van der Waals surface area contributed by atoms with Crippen LogP contribution in [0.2, 0.25) is 0 Å². The second-order valence-electron chi connectivity index (χ2n) is 4.91. The molecular formula is C14H22N4O2. The van der Waals surface area contributed by atoms with Crippen molar-refractivity contribution in [1.82, 2.24) is 15.3 Å². The van der Waals surface area contributed by atoms with E-state index in [1.165, 1.54) is 6.20 Å². The van der Waals surface area contributed by atoms with E-state index in [9.17, 15) is 4.79 Å². The van der Waals surface area contributed by atoms with E-state index in [2.05, 4.69) is 27.5 Å². The largest absolute Gasteiger partial charge is 0.376 e. The summed E-state index contributed by atoms with van der Waals surface area (Å²) < 4.78 is 5.57. The summed E-state index contributed by atoms with van der Waals surface area (Å²) in [6.45, 7) is 4.25. The minimum atomic E-state index is -0.200. The number of rotatable bonds is 6. The Kier molecular flexibility index (Phi) is 5.73. The summed E-state index contributed by atoms with van der Waals surface area (Å²) in [6.07, 6.45) is 7.51. The molecule has 110 valence electrons. The Balaban J connectivity index is 1.79. The fourth-order valence-corrected chi connectivity index (χ4v) is 2.06. The molecule has 6 nitrogen and oxygen atoms in total. The first-order chi connectivity index (χ1) is 9.79. The molecule has 0 saturated carbocycles. The smallest absolute Gasteiger partial charge is 0.271 e. The molecule has 20 heavy (non-hydrogen) atoms. The SMILES string of the molecule is CCCNc1cnc(C(=O)NCC2CCCCO2)cn1. The van der Waals surface area contributed by atoms with E-state index in [0.29, 0.717) is 18.1 Å². The zero-order chi connectivity index (χ0) is 14.2. The number of carbonyl (C=O) groups excluding carboxylic acids is 1. The second kappa shape index (κ2) is 7.79. The topological polar surface area (TPSA) is 76.1 Å². The van der Waals surface area contributed by atoms with Gasteiger partial charge in [-0.25, -0.2) is 9.97 Å². The molecule has 6 heteroatoms. The number of anilines is 1. The summed E-state index contributed by atoms with van der Waals surface area (Å²) in [7, 11) is 0. The molecule has 2 heterocycles. The Morgan fingerprint density at radius 1 is 1.40 bits per heavy atom. The summed E-state index contributed by atoms with van der Waals surface area (Å²) in [5.41, 5.74) is 0.336. The normalized spacial score (nSPS) is 18.6. The molecule has 2 rings (SSSR count). The third-order valence-electron chi connectivity index (χ3n) is 3.20. The van der Waals surface area contributed by atoms with Gasteiger partial charge in [0, 0.05) is 19.7 Å². The van der Waals surface area contributed by atoms with Crippen LogP contribution in [0.25, 0.3) is 0 Å². The number of carbonyl (C=O) groups is 1. The highest BCUT2D eigenvalue weighted by molar-refractivity contribution is 5.92. The molecule has 1 aromatic rings. The lowest BCUT2D eigenvalue weighted by molar-refractivity contribution is 0.0168. The van der Waals surface area contributed by atoms with Crippen LogP contribution in [0.5, 0.6) is 0 Å². The van der Waals surface area contributed by atoms with Crippen LogP contribution in [-0.2, 0) is 4.74 Å². The number of hydrogen-bond acceptors (Lipinski definition) is 5. The van der Waals surface area contributed by atoms with Crippen LogP contribution in [-0.4, -0.2) is 41.7 Å². The molecule has 0 aliphatic carbocycles. The molecule has 0 bridgehead atoms. The Labute approximate surface area is 119 Å². The van der Waals surface area contributed by atoms with Gasteiger partial charge >= 0.3 is 0 Å². The van der Waals surface area contributed by atoms with Gasteiger partial charge in [0.1, 0.15) is 11.5 Å². The highest BCUT2D eigenvalue weighted by Gasteiger charge is 2.15. The van der Waals surface area contributed by atoms with Crippen molar-refractivity contribution < 1.29 is 9.53 Å². The maximum Gasteiger partial charge on any atom is 0.271 e. The van der Waals surface area contributed by atoms with Gasteiger partial charge in [-0.1, -0.05) is 6.92 Å². The van der Waals surface area contributed by atoms with Gasteiger partial charge in [0.2, 0.25) is 0 Å². The van der Waals surface area contributed by atoms with Crippen LogP contribution in [0.15, 0.2) is 12.4 Å². The summed E-state index contributed by atoms with van der Waals surface area (Å²) in [5.74, 6) is 0.493. The maximum atomic E-state index is 11.9. The maximum absolute atomic E-state index is 11.9. The van der Waals surface area contributed by atoms with Crippen molar-refractivity contribution in [3.8, 4) is 0 Å². The molecule has 1 saturated heterocycles. The fourth-order valence-electron chi connectivity index (χ4n) is 2.06. The number of amides is 1. The highest BCUT2D eigenvalue weighted by Crippen LogP contribution is 2.11. The van der Waals surface area contributed by atoms with Gasteiger partial charge in [0.05, 0.1) is 18.5 Å². The van der Waals surface area contributed by atoms with Crippen LogP contribution in [0.1, 0.15) is 43.1 Å². The Morgan fingerprint density at radius 2 is 2.30 bits per heavy atom. The molecule has 1 fully saturated rings. The molecule has 1 aliphatic rings. The van der Waals surface area contributed by atoms with E-state index in [4.69, 9.17) is 4.74 Å². The molecule has 1 amide bonds. The average molecular weight is 278 g/mol. The van der Waals surface area contributed by atoms with Gasteiger partial charge in [0.15, 0.2) is 0 Å². The first-order valence-electron chi connectivity index (χ1n) is 7.25. The van der Waals surface area contributed by atoms with Crippen molar-refractivity contribution in [2.75, 3.05) is 25.0 Å². The first-order valence-corrected chi connectivity index (χ1v) is 7.25. The molecule has 1 unspecified atom stereocenters.